The first-order valence-corrected chi connectivity index (χ1v) is 7.58. The fourth-order valence-corrected chi connectivity index (χ4v) is 2.71. The van der Waals surface area contributed by atoms with E-state index in [2.05, 4.69) is 56.9 Å². The van der Waals surface area contributed by atoms with Crippen LogP contribution in [0, 0.1) is 0 Å². The Morgan fingerprint density at radius 3 is 2.43 bits per heavy atom. The fraction of sp³-hybridized carbons (Fsp3) is 0.647. The number of hydrogen-bond acceptors (Lipinski definition) is 3. The normalized spacial score (nSPS) is 21.7. The summed E-state index contributed by atoms with van der Waals surface area (Å²) in [5.41, 5.74) is 8.69. The molecule has 2 atom stereocenters. The number of nitrogens with zero attached hydrogens (tertiary/aromatic N) is 1. The Morgan fingerprint density at radius 1 is 1.29 bits per heavy atom. The van der Waals surface area contributed by atoms with Gasteiger partial charge >= 0.3 is 0 Å². The Bertz CT molecular complexity index is 427. The standard InChI is InChI=1S/C17H28N2O.ClH/c1-13(19-9-10-20-16(11-18)12-19)14-5-7-15(8-6-14)17(2,3)4;/h5-8,13,16H,9-12,18H2,1-4H3;1H. The number of halogens is 1. The molecule has 0 radical (unpaired) electrons. The molecule has 0 aliphatic carbocycles. The van der Waals surface area contributed by atoms with Crippen molar-refractivity contribution in [2.45, 2.75) is 45.3 Å². The van der Waals surface area contributed by atoms with Gasteiger partial charge in [-0.3, -0.25) is 4.90 Å². The number of ether oxygens (including phenoxy) is 1. The van der Waals surface area contributed by atoms with Crippen LogP contribution >= 0.6 is 12.4 Å². The van der Waals surface area contributed by atoms with E-state index in [-0.39, 0.29) is 23.9 Å². The monoisotopic (exact) mass is 312 g/mol. The summed E-state index contributed by atoms with van der Waals surface area (Å²) in [6, 6.07) is 9.46. The molecule has 2 rings (SSSR count). The van der Waals surface area contributed by atoms with Crippen molar-refractivity contribution in [3.8, 4) is 0 Å². The molecule has 0 saturated carbocycles. The first kappa shape index (κ1) is 18.4. The first-order valence-electron chi connectivity index (χ1n) is 7.58. The van der Waals surface area contributed by atoms with Crippen molar-refractivity contribution in [2.75, 3.05) is 26.2 Å². The van der Waals surface area contributed by atoms with Gasteiger partial charge < -0.3 is 10.5 Å². The molecule has 2 unspecified atom stereocenters. The molecule has 0 amide bonds. The van der Waals surface area contributed by atoms with E-state index in [9.17, 15) is 0 Å². The van der Waals surface area contributed by atoms with Gasteiger partial charge in [0.15, 0.2) is 0 Å². The Hall–Kier alpha value is -0.610. The number of hydrogen-bond donors (Lipinski definition) is 1. The van der Waals surface area contributed by atoms with Crippen LogP contribution in [0.3, 0.4) is 0 Å². The van der Waals surface area contributed by atoms with Crippen LogP contribution in [0.25, 0.3) is 0 Å². The second kappa shape index (κ2) is 7.59. The summed E-state index contributed by atoms with van der Waals surface area (Å²) in [5.74, 6) is 0. The van der Waals surface area contributed by atoms with Gasteiger partial charge in [0, 0.05) is 25.7 Å². The van der Waals surface area contributed by atoms with E-state index in [1.807, 2.05) is 0 Å². The highest BCUT2D eigenvalue weighted by Gasteiger charge is 2.24. The Kier molecular flexibility index (Phi) is 6.67. The smallest absolute Gasteiger partial charge is 0.0824 e. The third kappa shape index (κ3) is 4.68. The topological polar surface area (TPSA) is 38.5 Å². The Labute approximate surface area is 135 Å². The van der Waals surface area contributed by atoms with E-state index in [1.165, 1.54) is 11.1 Å². The molecule has 1 heterocycles. The zero-order valence-electron chi connectivity index (χ0n) is 13.6. The minimum Gasteiger partial charge on any atom is -0.374 e. The third-order valence-corrected chi connectivity index (χ3v) is 4.24. The molecular formula is C17H29ClN2O. The van der Waals surface area contributed by atoms with Crippen LogP contribution in [0.2, 0.25) is 0 Å². The first-order chi connectivity index (χ1) is 9.41. The summed E-state index contributed by atoms with van der Waals surface area (Å²) in [5, 5.41) is 0. The van der Waals surface area contributed by atoms with Crippen molar-refractivity contribution in [1.82, 2.24) is 4.90 Å². The van der Waals surface area contributed by atoms with Gasteiger partial charge in [-0.1, -0.05) is 45.0 Å². The molecule has 1 aromatic rings. The second-order valence-electron chi connectivity index (χ2n) is 6.77. The average Bonchev–Trinajstić information content (AvgIpc) is 2.46. The van der Waals surface area contributed by atoms with Crippen LogP contribution in [-0.4, -0.2) is 37.2 Å². The molecule has 0 aromatic heterocycles. The van der Waals surface area contributed by atoms with E-state index < -0.39 is 0 Å². The average molecular weight is 313 g/mol. The van der Waals surface area contributed by atoms with E-state index in [1.54, 1.807) is 0 Å². The molecule has 1 aliphatic rings. The lowest BCUT2D eigenvalue weighted by Crippen LogP contribution is -2.46. The zero-order chi connectivity index (χ0) is 14.8. The van der Waals surface area contributed by atoms with E-state index in [0.29, 0.717) is 12.6 Å². The van der Waals surface area contributed by atoms with Crippen molar-refractivity contribution >= 4 is 12.4 Å². The summed E-state index contributed by atoms with van der Waals surface area (Å²) in [7, 11) is 0. The lowest BCUT2D eigenvalue weighted by atomic mass is 9.86. The molecule has 0 bridgehead atoms. The maximum Gasteiger partial charge on any atom is 0.0824 e. The molecule has 120 valence electrons. The van der Waals surface area contributed by atoms with Crippen LogP contribution in [0.15, 0.2) is 24.3 Å². The summed E-state index contributed by atoms with van der Waals surface area (Å²) in [6.45, 7) is 12.3. The molecule has 2 N–H and O–H groups in total. The Morgan fingerprint density at radius 2 is 1.90 bits per heavy atom. The molecule has 1 fully saturated rings. The van der Waals surface area contributed by atoms with Gasteiger partial charge in [0.25, 0.3) is 0 Å². The molecule has 1 aromatic carbocycles. The summed E-state index contributed by atoms with van der Waals surface area (Å²) < 4.78 is 5.64. The molecule has 1 saturated heterocycles. The maximum atomic E-state index is 5.72. The van der Waals surface area contributed by atoms with Gasteiger partial charge in [-0.25, -0.2) is 0 Å². The van der Waals surface area contributed by atoms with Crippen LogP contribution in [0.1, 0.15) is 44.9 Å². The third-order valence-electron chi connectivity index (χ3n) is 4.24. The van der Waals surface area contributed by atoms with Gasteiger partial charge in [0.1, 0.15) is 0 Å². The number of nitrogens with two attached hydrogens (primary N) is 1. The predicted octanol–water partition coefficient (Wildman–Crippen LogP) is 3.13. The van der Waals surface area contributed by atoms with Crippen LogP contribution < -0.4 is 5.73 Å². The van der Waals surface area contributed by atoms with Crippen LogP contribution in [0.5, 0.6) is 0 Å². The molecule has 21 heavy (non-hydrogen) atoms. The Balaban J connectivity index is 0.00000220. The van der Waals surface area contributed by atoms with Crippen molar-refractivity contribution in [1.29, 1.82) is 0 Å². The zero-order valence-corrected chi connectivity index (χ0v) is 14.5. The van der Waals surface area contributed by atoms with Gasteiger partial charge in [-0.15, -0.1) is 12.4 Å². The van der Waals surface area contributed by atoms with Crippen LogP contribution in [-0.2, 0) is 10.2 Å². The minimum atomic E-state index is 0. The largest absolute Gasteiger partial charge is 0.374 e. The summed E-state index contributed by atoms with van der Waals surface area (Å²) in [4.78, 5) is 2.47. The predicted molar refractivity (Wildman–Crippen MR) is 91.2 cm³/mol. The molecule has 1 aliphatic heterocycles. The molecule has 4 heteroatoms. The van der Waals surface area contributed by atoms with E-state index in [0.717, 1.165) is 19.7 Å². The molecule has 3 nitrogen and oxygen atoms in total. The maximum absolute atomic E-state index is 5.72. The lowest BCUT2D eigenvalue weighted by Gasteiger charge is -2.36. The summed E-state index contributed by atoms with van der Waals surface area (Å²) >= 11 is 0. The van der Waals surface area contributed by atoms with Gasteiger partial charge in [0.05, 0.1) is 12.7 Å². The number of benzene rings is 1. The SMILES string of the molecule is CC(c1ccc(C(C)(C)C)cc1)N1CCOC(CN)C1.Cl. The van der Waals surface area contributed by atoms with Crippen molar-refractivity contribution in [3.63, 3.8) is 0 Å². The molecule has 0 spiro atoms. The highest BCUT2D eigenvalue weighted by atomic mass is 35.5. The summed E-state index contributed by atoms with van der Waals surface area (Å²) in [6.07, 6.45) is 0.181. The highest BCUT2D eigenvalue weighted by molar-refractivity contribution is 5.85. The van der Waals surface area contributed by atoms with Gasteiger partial charge in [-0.05, 0) is 23.5 Å². The van der Waals surface area contributed by atoms with Crippen molar-refractivity contribution < 1.29 is 4.74 Å². The van der Waals surface area contributed by atoms with E-state index in [4.69, 9.17) is 10.5 Å². The van der Waals surface area contributed by atoms with Crippen molar-refractivity contribution in [3.05, 3.63) is 35.4 Å². The minimum absolute atomic E-state index is 0. The van der Waals surface area contributed by atoms with Crippen LogP contribution in [0.4, 0.5) is 0 Å². The number of morpholine rings is 1. The van der Waals surface area contributed by atoms with Gasteiger partial charge in [-0.2, -0.15) is 0 Å². The van der Waals surface area contributed by atoms with E-state index >= 15 is 0 Å². The molecular weight excluding hydrogens is 284 g/mol. The quantitative estimate of drug-likeness (QED) is 0.932. The second-order valence-corrected chi connectivity index (χ2v) is 6.77. The lowest BCUT2D eigenvalue weighted by molar-refractivity contribution is -0.0364. The van der Waals surface area contributed by atoms with Crippen molar-refractivity contribution in [2.24, 2.45) is 5.73 Å². The fourth-order valence-electron chi connectivity index (χ4n) is 2.71. The number of rotatable bonds is 3. The highest BCUT2D eigenvalue weighted by Crippen LogP contribution is 2.26. The van der Waals surface area contributed by atoms with Gasteiger partial charge in [0.2, 0.25) is 0 Å².